The van der Waals surface area contributed by atoms with Crippen LogP contribution in [-0.2, 0) is 0 Å². The molecule has 1 aromatic heterocycles. The minimum Gasteiger partial charge on any atom is -0.336 e. The van der Waals surface area contributed by atoms with Gasteiger partial charge in [0.25, 0.3) is 5.91 Å². The van der Waals surface area contributed by atoms with Gasteiger partial charge in [0, 0.05) is 36.1 Å². The molecule has 9 heteroatoms. The normalized spacial score (nSPS) is 14.7. The number of amides is 1. The summed E-state index contributed by atoms with van der Waals surface area (Å²) < 4.78 is 40.6. The van der Waals surface area contributed by atoms with Gasteiger partial charge in [-0.05, 0) is 42.5 Å². The molecule has 0 saturated carbocycles. The van der Waals surface area contributed by atoms with Crippen LogP contribution in [0.3, 0.4) is 0 Å². The number of hydrogen-bond donors (Lipinski definition) is 0. The number of thiophene rings is 1. The number of rotatable bonds is 3. The van der Waals surface area contributed by atoms with Crippen LogP contribution >= 0.6 is 34.7 Å². The molecule has 1 amide bonds. The Morgan fingerprint density at radius 3 is 2.44 bits per heavy atom. The Hall–Kier alpha value is -1.96. The molecule has 0 aliphatic carbocycles. The van der Waals surface area contributed by atoms with Crippen LogP contribution < -0.4 is 4.90 Å². The van der Waals surface area contributed by atoms with Crippen molar-refractivity contribution in [1.29, 1.82) is 0 Å². The van der Waals surface area contributed by atoms with Crippen molar-refractivity contribution in [3.05, 3.63) is 68.9 Å². The molecule has 0 unspecified atom stereocenters. The van der Waals surface area contributed by atoms with Crippen LogP contribution in [0.4, 0.5) is 18.9 Å². The van der Waals surface area contributed by atoms with E-state index >= 15 is 0 Å². The summed E-state index contributed by atoms with van der Waals surface area (Å²) in [6.07, 6.45) is -2.24. The molecule has 0 bridgehead atoms. The maximum atomic E-state index is 13.2. The van der Waals surface area contributed by atoms with Gasteiger partial charge in [-0.25, -0.2) is 0 Å². The standard InChI is InChI=1S/C18H13Cl2F3N2OS/c1-24(20)17(26)16-7-6-15(27-16)14-10-11(18(21,22)23)8-9-25(14)13-4-2-12(19)3-5-13/h2-8,10H,9H2,1H3. The Morgan fingerprint density at radius 2 is 1.85 bits per heavy atom. The molecule has 2 aromatic rings. The van der Waals surface area contributed by atoms with Crippen LogP contribution in [-0.4, -0.2) is 30.1 Å². The third-order valence-electron chi connectivity index (χ3n) is 3.89. The van der Waals surface area contributed by atoms with Crippen molar-refractivity contribution >= 4 is 52.0 Å². The molecule has 0 spiro atoms. The molecule has 1 aliphatic rings. The third-order valence-corrected chi connectivity index (χ3v) is 5.39. The van der Waals surface area contributed by atoms with Gasteiger partial charge in [-0.2, -0.15) is 13.2 Å². The molecular formula is C18H13Cl2F3N2OS. The second kappa shape index (κ2) is 7.58. The van der Waals surface area contributed by atoms with Crippen LogP contribution in [0.1, 0.15) is 14.5 Å². The van der Waals surface area contributed by atoms with Gasteiger partial charge in [-0.15, -0.1) is 11.3 Å². The summed E-state index contributed by atoms with van der Waals surface area (Å²) in [5.74, 6) is -0.422. The highest BCUT2D eigenvalue weighted by Gasteiger charge is 2.35. The predicted octanol–water partition coefficient (Wildman–Crippen LogP) is 5.98. The second-order valence-electron chi connectivity index (χ2n) is 5.72. The van der Waals surface area contributed by atoms with Gasteiger partial charge in [0.1, 0.15) is 0 Å². The lowest BCUT2D eigenvalue weighted by atomic mass is 10.1. The highest BCUT2D eigenvalue weighted by molar-refractivity contribution is 7.15. The molecule has 142 valence electrons. The summed E-state index contributed by atoms with van der Waals surface area (Å²) in [6.45, 7) is 0.0406. The summed E-state index contributed by atoms with van der Waals surface area (Å²) >= 11 is 12.7. The van der Waals surface area contributed by atoms with Crippen LogP contribution in [0.2, 0.25) is 5.02 Å². The van der Waals surface area contributed by atoms with Crippen LogP contribution in [0.5, 0.6) is 0 Å². The van der Waals surface area contributed by atoms with Crippen LogP contribution in [0.25, 0.3) is 5.70 Å². The topological polar surface area (TPSA) is 23.6 Å². The number of halogens is 5. The van der Waals surface area contributed by atoms with Crippen molar-refractivity contribution in [1.82, 2.24) is 4.42 Å². The maximum Gasteiger partial charge on any atom is 0.416 e. The molecule has 3 rings (SSSR count). The van der Waals surface area contributed by atoms with Gasteiger partial charge < -0.3 is 4.90 Å². The Labute approximate surface area is 168 Å². The van der Waals surface area contributed by atoms with E-state index in [4.69, 9.17) is 23.4 Å². The number of anilines is 1. The number of alkyl halides is 3. The first-order valence-corrected chi connectivity index (χ1v) is 9.26. The molecule has 0 fully saturated rings. The lowest BCUT2D eigenvalue weighted by Gasteiger charge is -2.30. The fraction of sp³-hybridized carbons (Fsp3) is 0.167. The molecular weight excluding hydrogens is 420 g/mol. The quantitative estimate of drug-likeness (QED) is 0.557. The summed E-state index contributed by atoms with van der Waals surface area (Å²) in [5, 5.41) is 0.530. The lowest BCUT2D eigenvalue weighted by Crippen LogP contribution is -2.27. The smallest absolute Gasteiger partial charge is 0.336 e. The Bertz CT molecular complexity index is 917. The predicted molar refractivity (Wildman–Crippen MR) is 103 cm³/mol. The van der Waals surface area contributed by atoms with E-state index in [1.54, 1.807) is 41.3 Å². The molecule has 0 atom stereocenters. The molecule has 1 aromatic carbocycles. The third kappa shape index (κ3) is 4.31. The monoisotopic (exact) mass is 432 g/mol. The fourth-order valence-corrected chi connectivity index (χ4v) is 3.86. The van der Waals surface area contributed by atoms with E-state index in [1.165, 1.54) is 7.05 Å². The molecule has 0 radical (unpaired) electrons. The van der Waals surface area contributed by atoms with E-state index in [1.807, 2.05) is 0 Å². The number of nitrogens with zero attached hydrogens (tertiary/aromatic N) is 2. The first-order chi connectivity index (χ1) is 12.7. The van der Waals surface area contributed by atoms with Gasteiger partial charge in [-0.3, -0.25) is 9.21 Å². The Balaban J connectivity index is 2.04. The summed E-state index contributed by atoms with van der Waals surface area (Å²) in [6, 6.07) is 9.97. The average molecular weight is 433 g/mol. The molecule has 0 saturated heterocycles. The molecule has 3 nitrogen and oxygen atoms in total. The van der Waals surface area contributed by atoms with Crippen molar-refractivity contribution < 1.29 is 18.0 Å². The second-order valence-corrected chi connectivity index (χ2v) is 7.75. The van der Waals surface area contributed by atoms with E-state index in [0.717, 1.165) is 27.9 Å². The van der Waals surface area contributed by atoms with Gasteiger partial charge >= 0.3 is 6.18 Å². The molecule has 0 N–H and O–H groups in total. The van der Waals surface area contributed by atoms with Crippen molar-refractivity contribution in [2.75, 3.05) is 18.5 Å². The van der Waals surface area contributed by atoms with E-state index < -0.39 is 17.7 Å². The molecule has 1 aliphatic heterocycles. The number of allylic oxidation sites excluding steroid dienone is 2. The zero-order valence-corrected chi connectivity index (χ0v) is 16.3. The van der Waals surface area contributed by atoms with Gasteiger partial charge in [-0.1, -0.05) is 17.7 Å². The molecule has 27 heavy (non-hydrogen) atoms. The van der Waals surface area contributed by atoms with Crippen molar-refractivity contribution in [2.24, 2.45) is 0 Å². The van der Waals surface area contributed by atoms with E-state index in [9.17, 15) is 18.0 Å². The summed E-state index contributed by atoms with van der Waals surface area (Å²) in [5.41, 5.74) is 0.325. The number of benzene rings is 1. The minimum absolute atomic E-state index is 0.0406. The Morgan fingerprint density at radius 1 is 1.19 bits per heavy atom. The van der Waals surface area contributed by atoms with Crippen LogP contribution in [0.15, 0.2) is 54.1 Å². The van der Waals surface area contributed by atoms with E-state index in [-0.39, 0.29) is 6.54 Å². The highest BCUT2D eigenvalue weighted by Crippen LogP contribution is 2.38. The number of hydrogen-bond acceptors (Lipinski definition) is 3. The van der Waals surface area contributed by atoms with Gasteiger partial charge in [0.05, 0.1) is 21.0 Å². The van der Waals surface area contributed by atoms with Crippen molar-refractivity contribution in [2.45, 2.75) is 6.18 Å². The van der Waals surface area contributed by atoms with Crippen molar-refractivity contribution in [3.8, 4) is 0 Å². The zero-order valence-electron chi connectivity index (χ0n) is 13.9. The van der Waals surface area contributed by atoms with Gasteiger partial charge in [0.2, 0.25) is 0 Å². The summed E-state index contributed by atoms with van der Waals surface area (Å²) in [4.78, 5) is 14.6. The number of carbonyl (C=O) groups excluding carboxylic acids is 1. The van der Waals surface area contributed by atoms with E-state index in [0.29, 0.717) is 26.2 Å². The minimum atomic E-state index is -4.45. The first-order valence-electron chi connectivity index (χ1n) is 7.73. The first kappa shape index (κ1) is 19.8. The SMILES string of the molecule is CN(Cl)C(=O)c1ccc(C2=CC(C(F)(F)F)=CCN2c2ccc(Cl)cc2)s1. The average Bonchev–Trinajstić information content (AvgIpc) is 3.10. The maximum absolute atomic E-state index is 13.2. The largest absolute Gasteiger partial charge is 0.416 e. The van der Waals surface area contributed by atoms with Crippen molar-refractivity contribution in [3.63, 3.8) is 0 Å². The van der Waals surface area contributed by atoms with Crippen LogP contribution in [0, 0.1) is 0 Å². The highest BCUT2D eigenvalue weighted by atomic mass is 35.5. The number of carbonyl (C=O) groups is 1. The lowest BCUT2D eigenvalue weighted by molar-refractivity contribution is -0.0884. The van der Waals surface area contributed by atoms with E-state index in [2.05, 4.69) is 0 Å². The summed E-state index contributed by atoms with van der Waals surface area (Å²) in [7, 11) is 1.40. The Kier molecular flexibility index (Phi) is 5.55. The molecule has 2 heterocycles. The van der Waals surface area contributed by atoms with Gasteiger partial charge in [0.15, 0.2) is 0 Å². The zero-order chi connectivity index (χ0) is 19.8. The fourth-order valence-electron chi connectivity index (χ4n) is 2.58.